The van der Waals surface area contributed by atoms with E-state index in [4.69, 9.17) is 0 Å². The van der Waals surface area contributed by atoms with Crippen molar-refractivity contribution in [2.45, 2.75) is 19.1 Å². The van der Waals surface area contributed by atoms with Gasteiger partial charge in [-0.15, -0.1) is 0 Å². The number of hydrogen-bond donors (Lipinski definition) is 1. The van der Waals surface area contributed by atoms with Gasteiger partial charge in [-0.2, -0.15) is 24.9 Å². The molecule has 0 rings (SSSR count). The second-order valence-corrected chi connectivity index (χ2v) is 4.44. The Labute approximate surface area is 97.7 Å². The quantitative estimate of drug-likeness (QED) is 0.780. The summed E-state index contributed by atoms with van der Waals surface area (Å²) in [4.78, 5) is 12.9. The van der Waals surface area contributed by atoms with Crippen LogP contribution in [0.1, 0.15) is 6.92 Å². The minimum Gasteiger partial charge on any atom is -0.341 e. The molecule has 0 saturated carbocycles. The van der Waals surface area contributed by atoms with Crippen molar-refractivity contribution < 1.29 is 18.0 Å². The van der Waals surface area contributed by atoms with Crippen LogP contribution in [0.2, 0.25) is 0 Å². The van der Waals surface area contributed by atoms with Crippen molar-refractivity contribution in [3.8, 4) is 0 Å². The van der Waals surface area contributed by atoms with Crippen molar-refractivity contribution in [1.82, 2.24) is 10.2 Å². The van der Waals surface area contributed by atoms with E-state index in [1.165, 1.54) is 4.90 Å². The lowest BCUT2D eigenvalue weighted by atomic mass is 10.3. The molecule has 1 amide bonds. The summed E-state index contributed by atoms with van der Waals surface area (Å²) in [5.41, 5.74) is 0. The normalized spacial score (nSPS) is 13.6. The first-order valence-corrected chi connectivity index (χ1v) is 6.19. The number of carbonyl (C=O) groups is 1. The lowest BCUT2D eigenvalue weighted by Gasteiger charge is -2.24. The maximum atomic E-state index is 11.8. The SMILES string of the molecule is CSCC(C)N(C)C(=O)CNCC(F)(F)F. The molecule has 0 spiro atoms. The summed E-state index contributed by atoms with van der Waals surface area (Å²) in [6.45, 7) is 0.441. The van der Waals surface area contributed by atoms with E-state index in [1.807, 2.05) is 13.2 Å². The highest BCUT2D eigenvalue weighted by Crippen LogP contribution is 2.12. The van der Waals surface area contributed by atoms with Crippen molar-refractivity contribution in [1.29, 1.82) is 0 Å². The lowest BCUT2D eigenvalue weighted by molar-refractivity contribution is -0.134. The molecular weight excluding hydrogens is 241 g/mol. The molecule has 0 fully saturated rings. The van der Waals surface area contributed by atoms with Crippen LogP contribution in [0.25, 0.3) is 0 Å². The summed E-state index contributed by atoms with van der Waals surface area (Å²) < 4.78 is 35.4. The maximum absolute atomic E-state index is 11.8. The van der Waals surface area contributed by atoms with Crippen LogP contribution < -0.4 is 5.32 Å². The van der Waals surface area contributed by atoms with E-state index in [-0.39, 0.29) is 18.5 Å². The summed E-state index contributed by atoms with van der Waals surface area (Å²) in [5.74, 6) is 0.437. The summed E-state index contributed by atoms with van der Waals surface area (Å²) in [6.07, 6.45) is -2.36. The van der Waals surface area contributed by atoms with Crippen LogP contribution in [0.15, 0.2) is 0 Å². The van der Waals surface area contributed by atoms with Gasteiger partial charge in [0.1, 0.15) is 0 Å². The summed E-state index contributed by atoms with van der Waals surface area (Å²) in [5, 5.41) is 2.08. The topological polar surface area (TPSA) is 32.3 Å². The third-order valence-corrected chi connectivity index (χ3v) is 2.88. The van der Waals surface area contributed by atoms with Crippen molar-refractivity contribution in [3.63, 3.8) is 0 Å². The van der Waals surface area contributed by atoms with Crippen molar-refractivity contribution >= 4 is 17.7 Å². The molecule has 3 nitrogen and oxygen atoms in total. The molecule has 0 aliphatic carbocycles. The van der Waals surface area contributed by atoms with Gasteiger partial charge in [-0.1, -0.05) is 0 Å². The minimum absolute atomic E-state index is 0.0233. The maximum Gasteiger partial charge on any atom is 0.401 e. The zero-order chi connectivity index (χ0) is 12.8. The van der Waals surface area contributed by atoms with Gasteiger partial charge >= 0.3 is 6.18 Å². The average Bonchev–Trinajstić information content (AvgIpc) is 2.14. The van der Waals surface area contributed by atoms with Crippen LogP contribution in [0.4, 0.5) is 13.2 Å². The highest BCUT2D eigenvalue weighted by molar-refractivity contribution is 7.98. The smallest absolute Gasteiger partial charge is 0.341 e. The van der Waals surface area contributed by atoms with Crippen LogP contribution in [0.5, 0.6) is 0 Å². The number of halogens is 3. The first-order chi connectivity index (χ1) is 7.28. The first-order valence-electron chi connectivity index (χ1n) is 4.80. The molecule has 0 bridgehead atoms. The van der Waals surface area contributed by atoms with Gasteiger partial charge in [-0.05, 0) is 13.2 Å². The van der Waals surface area contributed by atoms with E-state index in [0.717, 1.165) is 5.75 Å². The fourth-order valence-electron chi connectivity index (χ4n) is 1.03. The number of carbonyl (C=O) groups excluding carboxylic acids is 1. The fourth-order valence-corrected chi connectivity index (χ4v) is 1.74. The van der Waals surface area contributed by atoms with Crippen LogP contribution in [-0.2, 0) is 4.79 Å². The number of likely N-dealkylation sites (N-methyl/N-ethyl adjacent to an activating group) is 1. The van der Waals surface area contributed by atoms with Gasteiger partial charge in [0.25, 0.3) is 0 Å². The van der Waals surface area contributed by atoms with Gasteiger partial charge in [-0.25, -0.2) is 0 Å². The Hall–Kier alpha value is -0.430. The van der Waals surface area contributed by atoms with Gasteiger partial charge in [0.05, 0.1) is 13.1 Å². The minimum atomic E-state index is -4.27. The lowest BCUT2D eigenvalue weighted by Crippen LogP contribution is -2.43. The molecule has 1 unspecified atom stereocenters. The first kappa shape index (κ1) is 15.6. The van der Waals surface area contributed by atoms with Crippen LogP contribution >= 0.6 is 11.8 Å². The Kier molecular flexibility index (Phi) is 6.82. The van der Waals surface area contributed by atoms with E-state index in [0.29, 0.717) is 0 Å². The monoisotopic (exact) mass is 258 g/mol. The zero-order valence-corrected chi connectivity index (χ0v) is 10.4. The molecule has 0 aromatic rings. The predicted molar refractivity (Wildman–Crippen MR) is 59.5 cm³/mol. The zero-order valence-electron chi connectivity index (χ0n) is 9.60. The van der Waals surface area contributed by atoms with Crippen LogP contribution in [-0.4, -0.2) is 55.2 Å². The second kappa shape index (κ2) is 7.01. The molecule has 96 valence electrons. The molecule has 0 aromatic heterocycles. The summed E-state index contributed by atoms with van der Waals surface area (Å²) in [7, 11) is 1.60. The van der Waals surface area contributed by atoms with Crippen molar-refractivity contribution in [2.75, 3.05) is 32.1 Å². The van der Waals surface area contributed by atoms with E-state index in [1.54, 1.807) is 18.8 Å². The number of hydrogen-bond acceptors (Lipinski definition) is 3. The van der Waals surface area contributed by atoms with Gasteiger partial charge in [0, 0.05) is 18.8 Å². The Balaban J connectivity index is 3.88. The third kappa shape index (κ3) is 6.95. The Morgan fingerprint density at radius 2 is 2.06 bits per heavy atom. The molecule has 0 heterocycles. The van der Waals surface area contributed by atoms with Gasteiger partial charge < -0.3 is 10.2 Å². The second-order valence-electron chi connectivity index (χ2n) is 3.53. The highest BCUT2D eigenvalue weighted by atomic mass is 32.2. The van der Waals surface area contributed by atoms with E-state index >= 15 is 0 Å². The molecular formula is C9H17F3N2OS. The number of alkyl halides is 3. The standard InChI is InChI=1S/C9H17F3N2OS/c1-7(5-16-3)14(2)8(15)4-13-6-9(10,11)12/h7,13H,4-6H2,1-3H3. The van der Waals surface area contributed by atoms with Crippen molar-refractivity contribution in [3.05, 3.63) is 0 Å². The van der Waals surface area contributed by atoms with Crippen LogP contribution in [0, 0.1) is 0 Å². The molecule has 0 aliphatic heterocycles. The number of amides is 1. The predicted octanol–water partition coefficient (Wildman–Crippen LogP) is 1.35. The number of nitrogens with one attached hydrogen (secondary N) is 1. The molecule has 16 heavy (non-hydrogen) atoms. The molecule has 0 saturated heterocycles. The van der Waals surface area contributed by atoms with Gasteiger partial charge in [0.15, 0.2) is 0 Å². The van der Waals surface area contributed by atoms with Crippen LogP contribution in [0.3, 0.4) is 0 Å². The van der Waals surface area contributed by atoms with E-state index < -0.39 is 12.7 Å². The average molecular weight is 258 g/mol. The fraction of sp³-hybridized carbons (Fsp3) is 0.889. The van der Waals surface area contributed by atoms with Gasteiger partial charge in [-0.3, -0.25) is 4.79 Å². The summed E-state index contributed by atoms with van der Waals surface area (Å²) in [6, 6.07) is 0.0233. The number of thioether (sulfide) groups is 1. The number of rotatable bonds is 6. The Morgan fingerprint density at radius 3 is 2.50 bits per heavy atom. The Bertz CT molecular complexity index is 223. The molecule has 0 aromatic carbocycles. The molecule has 7 heteroatoms. The van der Waals surface area contributed by atoms with E-state index in [2.05, 4.69) is 5.32 Å². The highest BCUT2D eigenvalue weighted by Gasteiger charge is 2.27. The molecule has 1 N–H and O–H groups in total. The Morgan fingerprint density at radius 1 is 1.50 bits per heavy atom. The van der Waals surface area contributed by atoms with Gasteiger partial charge in [0.2, 0.25) is 5.91 Å². The molecule has 0 radical (unpaired) electrons. The molecule has 1 atom stereocenters. The largest absolute Gasteiger partial charge is 0.401 e. The molecule has 0 aliphatic rings. The number of nitrogens with zero attached hydrogens (tertiary/aromatic N) is 1. The van der Waals surface area contributed by atoms with Crippen molar-refractivity contribution in [2.24, 2.45) is 0 Å². The van der Waals surface area contributed by atoms with E-state index in [9.17, 15) is 18.0 Å². The third-order valence-electron chi connectivity index (χ3n) is 2.06. The summed E-state index contributed by atoms with van der Waals surface area (Å²) >= 11 is 1.59.